The van der Waals surface area contributed by atoms with Crippen molar-refractivity contribution in [3.63, 3.8) is 0 Å². The van der Waals surface area contributed by atoms with Crippen molar-refractivity contribution in [3.8, 4) is 0 Å². The summed E-state index contributed by atoms with van der Waals surface area (Å²) in [5.41, 5.74) is 1.17. The molecule has 1 unspecified atom stereocenters. The van der Waals surface area contributed by atoms with E-state index in [0.29, 0.717) is 30.6 Å². The normalized spacial score (nSPS) is 21.1. The number of hydrogen-bond donors (Lipinski definition) is 1. The number of aromatic amines is 1. The number of furan rings is 1. The average Bonchev–Trinajstić information content (AvgIpc) is 3.55. The van der Waals surface area contributed by atoms with E-state index in [1.807, 2.05) is 6.08 Å². The van der Waals surface area contributed by atoms with E-state index >= 15 is 0 Å². The van der Waals surface area contributed by atoms with Gasteiger partial charge in [0.05, 0.1) is 29.4 Å². The molecule has 0 saturated heterocycles. The minimum absolute atomic E-state index is 0.0251. The Balaban J connectivity index is 1.51. The first-order chi connectivity index (χ1) is 16.7. The highest BCUT2D eigenvalue weighted by atomic mass is 35.5. The lowest BCUT2D eigenvalue weighted by atomic mass is 9.96. The molecule has 3 aliphatic rings. The Morgan fingerprint density at radius 3 is 2.77 bits per heavy atom. The first-order valence-corrected chi connectivity index (χ1v) is 11.5. The first-order valence-electron chi connectivity index (χ1n) is 11.1. The molecule has 0 bridgehead atoms. The number of alkyl halides is 3. The van der Waals surface area contributed by atoms with Gasteiger partial charge >= 0.3 is 6.18 Å². The lowest BCUT2D eigenvalue weighted by Crippen LogP contribution is -2.38. The van der Waals surface area contributed by atoms with Crippen LogP contribution < -0.4 is 0 Å². The topological polar surface area (TPSA) is 65.4 Å². The van der Waals surface area contributed by atoms with Crippen LogP contribution in [-0.2, 0) is 4.79 Å². The van der Waals surface area contributed by atoms with E-state index in [0.717, 1.165) is 17.5 Å². The largest absolute Gasteiger partial charge is 0.472 e. The molecule has 1 N–H and O–H groups in total. The van der Waals surface area contributed by atoms with Crippen LogP contribution in [0.3, 0.4) is 0 Å². The van der Waals surface area contributed by atoms with Crippen LogP contribution in [-0.4, -0.2) is 44.9 Å². The van der Waals surface area contributed by atoms with E-state index in [-0.39, 0.29) is 34.7 Å². The summed E-state index contributed by atoms with van der Waals surface area (Å²) in [6.45, 7) is 2.62. The molecule has 0 saturated carbocycles. The maximum absolute atomic E-state index is 14.0. The van der Waals surface area contributed by atoms with Crippen LogP contribution in [0, 0.1) is 5.92 Å². The number of halogens is 4. The molecule has 2 aromatic heterocycles. The van der Waals surface area contributed by atoms with Gasteiger partial charge in [0.2, 0.25) is 0 Å². The molecule has 35 heavy (non-hydrogen) atoms. The Morgan fingerprint density at radius 2 is 2.14 bits per heavy atom. The molecule has 6 nitrogen and oxygen atoms in total. The SMILES string of the molecule is CC1CC=C2C(C(F)(F)F)=CC(c3ccoc3)=CN2C(Cl)=C1C(=O)N1CC=C(c2ncc[nH]2)CC1. The highest BCUT2D eigenvalue weighted by Crippen LogP contribution is 2.44. The molecular formula is C25H22ClF3N4O2. The molecule has 182 valence electrons. The van der Waals surface area contributed by atoms with Gasteiger partial charge in [0, 0.05) is 42.8 Å². The van der Waals surface area contributed by atoms with Gasteiger partial charge in [-0.25, -0.2) is 4.98 Å². The van der Waals surface area contributed by atoms with Gasteiger partial charge < -0.3 is 19.2 Å². The highest BCUT2D eigenvalue weighted by Gasteiger charge is 2.42. The molecule has 3 aliphatic heterocycles. The fourth-order valence-electron chi connectivity index (χ4n) is 4.51. The van der Waals surface area contributed by atoms with Crippen molar-refractivity contribution in [2.24, 2.45) is 5.92 Å². The van der Waals surface area contributed by atoms with Crippen LogP contribution in [0.5, 0.6) is 0 Å². The van der Waals surface area contributed by atoms with Crippen molar-refractivity contribution in [2.45, 2.75) is 25.9 Å². The Labute approximate surface area is 204 Å². The quantitative estimate of drug-likeness (QED) is 0.536. The lowest BCUT2D eigenvalue weighted by Gasteiger charge is -2.32. The van der Waals surface area contributed by atoms with Crippen molar-refractivity contribution in [2.75, 3.05) is 13.1 Å². The van der Waals surface area contributed by atoms with Crippen LogP contribution >= 0.6 is 11.6 Å². The summed E-state index contributed by atoms with van der Waals surface area (Å²) in [5, 5.41) is -0.0251. The molecule has 0 aliphatic carbocycles. The highest BCUT2D eigenvalue weighted by molar-refractivity contribution is 6.32. The molecule has 0 radical (unpaired) electrons. The van der Waals surface area contributed by atoms with Crippen LogP contribution in [0.15, 0.2) is 81.8 Å². The second kappa shape index (κ2) is 8.96. The number of allylic oxidation sites excluding steroid dienone is 4. The van der Waals surface area contributed by atoms with Crippen LogP contribution in [0.2, 0.25) is 0 Å². The first kappa shape index (κ1) is 23.3. The molecule has 0 spiro atoms. The number of hydrogen-bond acceptors (Lipinski definition) is 4. The fourth-order valence-corrected chi connectivity index (χ4v) is 4.91. The summed E-state index contributed by atoms with van der Waals surface area (Å²) >= 11 is 6.75. The number of H-pyrrole nitrogens is 1. The standard InChI is InChI=1S/C25H22ClF3N4O2/c1-15-2-3-20-19(25(27,28)29)12-18(17-6-11-35-14-17)13-33(20)22(26)21(15)24(34)32-9-4-16(5-10-32)23-30-7-8-31-23/h3-4,6-8,11-15H,2,5,9-10H2,1H3,(H,30,31). The summed E-state index contributed by atoms with van der Waals surface area (Å²) in [6, 6.07) is 1.58. The molecule has 0 fully saturated rings. The molecule has 1 amide bonds. The lowest BCUT2D eigenvalue weighted by molar-refractivity contribution is -0.127. The van der Waals surface area contributed by atoms with Crippen molar-refractivity contribution in [1.29, 1.82) is 0 Å². The number of imidazole rings is 1. The Hall–Kier alpha value is -3.46. The predicted molar refractivity (Wildman–Crippen MR) is 125 cm³/mol. The van der Waals surface area contributed by atoms with E-state index in [4.69, 9.17) is 16.0 Å². The molecule has 5 heterocycles. The number of aromatic nitrogens is 2. The van der Waals surface area contributed by atoms with Gasteiger partial charge in [0.1, 0.15) is 11.0 Å². The van der Waals surface area contributed by atoms with Gasteiger partial charge in [-0.15, -0.1) is 0 Å². The van der Waals surface area contributed by atoms with E-state index in [1.54, 1.807) is 30.3 Å². The van der Waals surface area contributed by atoms with Crippen molar-refractivity contribution in [1.82, 2.24) is 19.8 Å². The minimum atomic E-state index is -4.61. The smallest absolute Gasteiger partial charge is 0.418 e. The van der Waals surface area contributed by atoms with Crippen molar-refractivity contribution >= 4 is 28.7 Å². The summed E-state index contributed by atoms with van der Waals surface area (Å²) in [4.78, 5) is 23.8. The molecule has 5 rings (SSSR count). The Kier molecular flexibility index (Phi) is 5.96. The average molecular weight is 503 g/mol. The minimum Gasteiger partial charge on any atom is -0.472 e. The summed E-state index contributed by atoms with van der Waals surface area (Å²) in [6.07, 6.45) is 8.44. The van der Waals surface area contributed by atoms with Gasteiger partial charge in [0.25, 0.3) is 5.91 Å². The van der Waals surface area contributed by atoms with Gasteiger partial charge in [0.15, 0.2) is 0 Å². The van der Waals surface area contributed by atoms with E-state index in [1.165, 1.54) is 29.7 Å². The second-order valence-corrected chi connectivity index (χ2v) is 8.98. The third-order valence-electron chi connectivity index (χ3n) is 6.38. The molecule has 2 aromatic rings. The molecular weight excluding hydrogens is 481 g/mol. The fraction of sp³-hybridized carbons (Fsp3) is 0.280. The molecule has 1 atom stereocenters. The van der Waals surface area contributed by atoms with Gasteiger partial charge in [-0.05, 0) is 36.5 Å². The van der Waals surface area contributed by atoms with Crippen molar-refractivity contribution < 1.29 is 22.4 Å². The monoisotopic (exact) mass is 502 g/mol. The second-order valence-electron chi connectivity index (χ2n) is 8.62. The van der Waals surface area contributed by atoms with Gasteiger partial charge in [-0.2, -0.15) is 13.2 Å². The van der Waals surface area contributed by atoms with E-state index in [2.05, 4.69) is 9.97 Å². The third-order valence-corrected chi connectivity index (χ3v) is 6.77. The number of nitrogens with zero attached hydrogens (tertiary/aromatic N) is 3. The maximum atomic E-state index is 14.0. The van der Waals surface area contributed by atoms with Crippen LogP contribution in [0.4, 0.5) is 13.2 Å². The van der Waals surface area contributed by atoms with Gasteiger partial charge in [-0.1, -0.05) is 30.7 Å². The number of fused-ring (bicyclic) bond motifs is 1. The maximum Gasteiger partial charge on any atom is 0.418 e. The zero-order valence-electron chi connectivity index (χ0n) is 18.8. The predicted octanol–water partition coefficient (Wildman–Crippen LogP) is 5.84. The molecule has 0 aromatic carbocycles. The van der Waals surface area contributed by atoms with E-state index in [9.17, 15) is 18.0 Å². The number of carbonyl (C=O) groups excluding carboxylic acids is 1. The van der Waals surface area contributed by atoms with Crippen LogP contribution in [0.1, 0.15) is 31.2 Å². The molecule has 10 heteroatoms. The number of amides is 1. The van der Waals surface area contributed by atoms with Crippen molar-refractivity contribution in [3.05, 3.63) is 88.8 Å². The third kappa shape index (κ3) is 4.36. The number of rotatable bonds is 3. The van der Waals surface area contributed by atoms with E-state index < -0.39 is 11.7 Å². The zero-order chi connectivity index (χ0) is 24.7. The summed E-state index contributed by atoms with van der Waals surface area (Å²) < 4.78 is 47.2. The number of nitrogens with one attached hydrogen (secondary N) is 1. The van der Waals surface area contributed by atoms with Crippen LogP contribution in [0.25, 0.3) is 11.1 Å². The summed E-state index contributed by atoms with van der Waals surface area (Å²) in [7, 11) is 0. The van der Waals surface area contributed by atoms with Gasteiger partial charge in [-0.3, -0.25) is 4.79 Å². The Bertz CT molecular complexity index is 1280. The zero-order valence-corrected chi connectivity index (χ0v) is 19.5. The Morgan fingerprint density at radius 1 is 1.31 bits per heavy atom. The number of carbonyl (C=O) groups is 1. The summed E-state index contributed by atoms with van der Waals surface area (Å²) in [5.74, 6) is 0.111.